The van der Waals surface area contributed by atoms with E-state index < -0.39 is 17.5 Å². The van der Waals surface area contributed by atoms with Crippen LogP contribution in [0.4, 0.5) is 0 Å². The summed E-state index contributed by atoms with van der Waals surface area (Å²) in [6, 6.07) is 0. The average molecular weight is 186 g/mol. The first-order valence-corrected chi connectivity index (χ1v) is 4.94. The Kier molecular flexibility index (Phi) is 2.96. The number of carbonyl (C=O) groups is 1. The summed E-state index contributed by atoms with van der Waals surface area (Å²) in [5, 5.41) is 18.9. The molecule has 0 aromatic heterocycles. The maximum absolute atomic E-state index is 10.7. The van der Waals surface area contributed by atoms with Crippen LogP contribution in [0.15, 0.2) is 0 Å². The van der Waals surface area contributed by atoms with Gasteiger partial charge in [-0.2, -0.15) is 0 Å². The largest absolute Gasteiger partial charge is 0.481 e. The molecule has 0 aromatic carbocycles. The van der Waals surface area contributed by atoms with Crippen molar-refractivity contribution in [2.75, 3.05) is 0 Å². The van der Waals surface area contributed by atoms with Gasteiger partial charge in [-0.15, -0.1) is 0 Å². The summed E-state index contributed by atoms with van der Waals surface area (Å²) in [7, 11) is 0. The number of hydrogen-bond donors (Lipinski definition) is 2. The van der Waals surface area contributed by atoms with Crippen molar-refractivity contribution in [3.8, 4) is 0 Å². The molecule has 1 fully saturated rings. The summed E-state index contributed by atoms with van der Waals surface area (Å²) in [5.74, 6) is -1.02. The van der Waals surface area contributed by atoms with Gasteiger partial charge in [0.1, 0.15) is 0 Å². The van der Waals surface area contributed by atoms with E-state index in [4.69, 9.17) is 5.11 Å². The van der Waals surface area contributed by atoms with Crippen molar-refractivity contribution in [1.29, 1.82) is 0 Å². The molecule has 76 valence electrons. The lowest BCUT2D eigenvalue weighted by Gasteiger charge is -2.26. The Labute approximate surface area is 78.8 Å². The number of carboxylic acid groups (broad SMARTS) is 1. The van der Waals surface area contributed by atoms with Crippen molar-refractivity contribution in [3.63, 3.8) is 0 Å². The molecule has 0 spiro atoms. The third-order valence-corrected chi connectivity index (χ3v) is 3.38. The second kappa shape index (κ2) is 3.66. The van der Waals surface area contributed by atoms with Gasteiger partial charge >= 0.3 is 5.97 Å². The summed E-state index contributed by atoms with van der Waals surface area (Å²) in [4.78, 5) is 10.7. The molecule has 3 nitrogen and oxygen atoms in total. The average Bonchev–Trinajstić information content (AvgIpc) is 2.47. The standard InChI is InChI=1S/C10H18O3/c1-3-8-4-5-10(13,6-8)7(2)9(11)12/h7-8,13H,3-6H2,1-2H3,(H,11,12). The zero-order valence-corrected chi connectivity index (χ0v) is 8.29. The van der Waals surface area contributed by atoms with Crippen molar-refractivity contribution in [3.05, 3.63) is 0 Å². The first kappa shape index (κ1) is 10.5. The van der Waals surface area contributed by atoms with E-state index in [1.807, 2.05) is 0 Å². The highest BCUT2D eigenvalue weighted by molar-refractivity contribution is 5.71. The van der Waals surface area contributed by atoms with Gasteiger partial charge in [0.15, 0.2) is 0 Å². The van der Waals surface area contributed by atoms with Gasteiger partial charge in [-0.05, 0) is 32.1 Å². The predicted molar refractivity (Wildman–Crippen MR) is 49.4 cm³/mol. The molecular formula is C10H18O3. The predicted octanol–water partition coefficient (Wildman–Crippen LogP) is 1.65. The summed E-state index contributed by atoms with van der Waals surface area (Å²) < 4.78 is 0. The van der Waals surface area contributed by atoms with Crippen molar-refractivity contribution in [1.82, 2.24) is 0 Å². The highest BCUT2D eigenvalue weighted by atomic mass is 16.4. The van der Waals surface area contributed by atoms with Crippen LogP contribution in [0.3, 0.4) is 0 Å². The second-order valence-corrected chi connectivity index (χ2v) is 4.18. The molecule has 0 radical (unpaired) electrons. The minimum atomic E-state index is -0.952. The molecule has 1 aliphatic carbocycles. The molecule has 1 saturated carbocycles. The quantitative estimate of drug-likeness (QED) is 0.704. The highest BCUT2D eigenvalue weighted by Gasteiger charge is 2.43. The second-order valence-electron chi connectivity index (χ2n) is 4.18. The molecule has 1 rings (SSSR count). The van der Waals surface area contributed by atoms with Gasteiger partial charge in [0.05, 0.1) is 11.5 Å². The van der Waals surface area contributed by atoms with Crippen molar-refractivity contribution in [2.45, 2.75) is 45.1 Å². The van der Waals surface area contributed by atoms with Crippen LogP contribution in [0.1, 0.15) is 39.5 Å². The molecule has 0 amide bonds. The van der Waals surface area contributed by atoms with Crippen LogP contribution in [-0.2, 0) is 4.79 Å². The van der Waals surface area contributed by atoms with Crippen LogP contribution < -0.4 is 0 Å². The number of carboxylic acids is 1. The van der Waals surface area contributed by atoms with Gasteiger partial charge in [0, 0.05) is 0 Å². The first-order chi connectivity index (χ1) is 5.99. The van der Waals surface area contributed by atoms with E-state index in [-0.39, 0.29) is 0 Å². The summed E-state index contributed by atoms with van der Waals surface area (Å²) >= 11 is 0. The van der Waals surface area contributed by atoms with Crippen LogP contribution in [0.2, 0.25) is 0 Å². The normalized spacial score (nSPS) is 36.1. The molecule has 3 unspecified atom stereocenters. The third-order valence-electron chi connectivity index (χ3n) is 3.38. The van der Waals surface area contributed by atoms with E-state index in [0.29, 0.717) is 18.8 Å². The van der Waals surface area contributed by atoms with E-state index >= 15 is 0 Å². The van der Waals surface area contributed by atoms with Gasteiger partial charge in [-0.3, -0.25) is 4.79 Å². The van der Waals surface area contributed by atoms with Crippen LogP contribution in [0.5, 0.6) is 0 Å². The Morgan fingerprint density at radius 3 is 2.69 bits per heavy atom. The van der Waals surface area contributed by atoms with Crippen LogP contribution >= 0.6 is 0 Å². The van der Waals surface area contributed by atoms with E-state index in [9.17, 15) is 9.90 Å². The zero-order valence-electron chi connectivity index (χ0n) is 8.29. The monoisotopic (exact) mass is 186 g/mol. The number of aliphatic hydroxyl groups is 1. The smallest absolute Gasteiger partial charge is 0.309 e. The number of aliphatic carboxylic acids is 1. The van der Waals surface area contributed by atoms with Crippen LogP contribution in [0, 0.1) is 11.8 Å². The van der Waals surface area contributed by atoms with Crippen LogP contribution in [-0.4, -0.2) is 21.8 Å². The van der Waals surface area contributed by atoms with E-state index in [2.05, 4.69) is 6.92 Å². The summed E-state index contributed by atoms with van der Waals surface area (Å²) in [6.45, 7) is 3.68. The first-order valence-electron chi connectivity index (χ1n) is 4.94. The lowest BCUT2D eigenvalue weighted by molar-refractivity contribution is -0.150. The number of rotatable bonds is 3. The Balaban J connectivity index is 2.63. The van der Waals surface area contributed by atoms with Crippen molar-refractivity contribution < 1.29 is 15.0 Å². The molecule has 0 bridgehead atoms. The molecule has 0 aromatic rings. The summed E-state index contributed by atoms with van der Waals surface area (Å²) in [5.41, 5.74) is -0.952. The topological polar surface area (TPSA) is 57.5 Å². The Morgan fingerprint density at radius 2 is 2.31 bits per heavy atom. The molecule has 2 N–H and O–H groups in total. The van der Waals surface area contributed by atoms with E-state index in [1.54, 1.807) is 6.92 Å². The molecule has 13 heavy (non-hydrogen) atoms. The fourth-order valence-electron chi connectivity index (χ4n) is 2.13. The molecule has 3 heteroatoms. The van der Waals surface area contributed by atoms with Gasteiger partial charge in [-0.25, -0.2) is 0 Å². The SMILES string of the molecule is CCC1CCC(O)(C(C)C(=O)O)C1. The fourth-order valence-corrected chi connectivity index (χ4v) is 2.13. The lowest BCUT2D eigenvalue weighted by atomic mass is 9.86. The van der Waals surface area contributed by atoms with E-state index in [0.717, 1.165) is 12.8 Å². The maximum atomic E-state index is 10.7. The van der Waals surface area contributed by atoms with Crippen LogP contribution in [0.25, 0.3) is 0 Å². The molecule has 0 aliphatic heterocycles. The zero-order chi connectivity index (χ0) is 10.1. The minimum Gasteiger partial charge on any atom is -0.481 e. The molecule has 1 aliphatic rings. The van der Waals surface area contributed by atoms with Crippen molar-refractivity contribution >= 4 is 5.97 Å². The molecular weight excluding hydrogens is 168 g/mol. The molecule has 3 atom stereocenters. The van der Waals surface area contributed by atoms with Gasteiger partial charge in [0.25, 0.3) is 0 Å². The lowest BCUT2D eigenvalue weighted by Crippen LogP contribution is -2.38. The highest BCUT2D eigenvalue weighted by Crippen LogP contribution is 2.40. The van der Waals surface area contributed by atoms with Gasteiger partial charge < -0.3 is 10.2 Å². The molecule has 0 saturated heterocycles. The fraction of sp³-hybridized carbons (Fsp3) is 0.900. The Bertz CT molecular complexity index is 202. The van der Waals surface area contributed by atoms with Gasteiger partial charge in [0.2, 0.25) is 0 Å². The minimum absolute atomic E-state index is 0.506. The molecule has 0 heterocycles. The summed E-state index contributed by atoms with van der Waals surface area (Å²) in [6.07, 6.45) is 3.29. The Hall–Kier alpha value is -0.570. The maximum Gasteiger partial charge on any atom is 0.309 e. The van der Waals surface area contributed by atoms with E-state index in [1.165, 1.54) is 0 Å². The number of hydrogen-bond acceptors (Lipinski definition) is 2. The Morgan fingerprint density at radius 1 is 1.69 bits per heavy atom. The third kappa shape index (κ3) is 2.02. The van der Waals surface area contributed by atoms with Crippen molar-refractivity contribution in [2.24, 2.45) is 11.8 Å². The van der Waals surface area contributed by atoms with Gasteiger partial charge in [-0.1, -0.05) is 13.3 Å².